The maximum Gasteiger partial charge on any atom is 0.329 e. The predicted molar refractivity (Wildman–Crippen MR) is 108 cm³/mol. The van der Waals surface area contributed by atoms with E-state index in [-0.39, 0.29) is 0 Å². The smallest absolute Gasteiger partial charge is 0.329 e. The molecule has 0 saturated carbocycles. The zero-order chi connectivity index (χ0) is 21.2. The highest BCUT2D eigenvalue weighted by molar-refractivity contribution is 7.98. The van der Waals surface area contributed by atoms with Crippen molar-refractivity contribution in [1.29, 1.82) is 0 Å². The third kappa shape index (κ3) is 9.40. The van der Waals surface area contributed by atoms with Gasteiger partial charge in [0.05, 0.1) is 0 Å². The van der Waals surface area contributed by atoms with Crippen molar-refractivity contribution in [1.82, 2.24) is 16.0 Å². The van der Waals surface area contributed by atoms with Crippen LogP contribution in [0.3, 0.4) is 0 Å². The summed E-state index contributed by atoms with van der Waals surface area (Å²) in [4.78, 5) is 48.0. The maximum atomic E-state index is 12.3. The van der Waals surface area contributed by atoms with Crippen molar-refractivity contribution in [2.24, 2.45) is 0 Å². The number of hydrogen-bond acceptors (Lipinski definition) is 6. The second kappa shape index (κ2) is 11.3. The molecule has 0 aliphatic rings. The van der Waals surface area contributed by atoms with Crippen LogP contribution >= 0.6 is 11.8 Å². The zero-order valence-corrected chi connectivity index (χ0v) is 17.4. The van der Waals surface area contributed by atoms with E-state index in [1.807, 2.05) is 6.26 Å². The number of hydrogen-bond donors (Lipinski definition) is 3. The Bertz CT molecular complexity index is 689. The number of imide groups is 1. The van der Waals surface area contributed by atoms with Gasteiger partial charge in [0, 0.05) is 11.1 Å². The minimum Gasteiger partial charge on any atom is -0.454 e. The molecule has 0 bridgehead atoms. The Morgan fingerprint density at radius 3 is 2.32 bits per heavy atom. The summed E-state index contributed by atoms with van der Waals surface area (Å²) >= 11 is 1.52. The molecule has 0 saturated heterocycles. The Kier molecular flexibility index (Phi) is 9.50. The average molecular weight is 410 g/mol. The van der Waals surface area contributed by atoms with Crippen LogP contribution in [-0.2, 0) is 14.3 Å². The van der Waals surface area contributed by atoms with Gasteiger partial charge in [-0.15, -0.1) is 0 Å². The van der Waals surface area contributed by atoms with Gasteiger partial charge in [0.25, 0.3) is 11.8 Å². The van der Waals surface area contributed by atoms with Crippen molar-refractivity contribution in [3.63, 3.8) is 0 Å². The third-order valence-electron chi connectivity index (χ3n) is 3.32. The summed E-state index contributed by atoms with van der Waals surface area (Å²) in [5, 5.41) is 7.27. The standard InChI is InChI=1S/C19H27N3O5S/c1-19(2,3)22-18(26)21-15(23)12-27-17(25)14(10-11-28-4)20-16(24)13-8-6-5-7-9-13/h5-9,14H,10-12H2,1-4H3,(H,20,24)(H2,21,22,23,26)/t14-/m1/s1. The molecular formula is C19H27N3O5S. The number of carbonyl (C=O) groups excluding carboxylic acids is 4. The number of carbonyl (C=O) groups is 4. The summed E-state index contributed by atoms with van der Waals surface area (Å²) in [7, 11) is 0. The molecule has 0 unspecified atom stereocenters. The summed E-state index contributed by atoms with van der Waals surface area (Å²) in [6, 6.07) is 6.92. The molecule has 1 aromatic carbocycles. The van der Waals surface area contributed by atoms with Gasteiger partial charge < -0.3 is 15.4 Å². The molecule has 0 aliphatic carbocycles. The van der Waals surface area contributed by atoms with Crippen LogP contribution in [-0.4, -0.2) is 54.0 Å². The van der Waals surface area contributed by atoms with Crippen LogP contribution in [0.5, 0.6) is 0 Å². The summed E-state index contributed by atoms with van der Waals surface area (Å²) < 4.78 is 4.98. The van der Waals surface area contributed by atoms with Gasteiger partial charge in [0.1, 0.15) is 6.04 Å². The zero-order valence-electron chi connectivity index (χ0n) is 16.5. The van der Waals surface area contributed by atoms with Crippen LogP contribution in [0.2, 0.25) is 0 Å². The molecule has 28 heavy (non-hydrogen) atoms. The largest absolute Gasteiger partial charge is 0.454 e. The minimum atomic E-state index is -0.892. The van der Waals surface area contributed by atoms with Crippen LogP contribution in [0.15, 0.2) is 30.3 Å². The fourth-order valence-corrected chi connectivity index (χ4v) is 2.56. The molecule has 4 amide bonds. The summed E-state index contributed by atoms with van der Waals surface area (Å²) in [6.07, 6.45) is 2.23. The fraction of sp³-hybridized carbons (Fsp3) is 0.474. The molecule has 3 N–H and O–H groups in total. The van der Waals surface area contributed by atoms with Gasteiger partial charge >= 0.3 is 12.0 Å². The van der Waals surface area contributed by atoms with Gasteiger partial charge in [-0.3, -0.25) is 14.9 Å². The number of thioether (sulfide) groups is 1. The van der Waals surface area contributed by atoms with Crippen molar-refractivity contribution >= 4 is 35.6 Å². The van der Waals surface area contributed by atoms with Crippen LogP contribution in [0.1, 0.15) is 37.6 Å². The summed E-state index contributed by atoms with van der Waals surface area (Å²) in [5.41, 5.74) is -0.0906. The van der Waals surface area contributed by atoms with E-state index in [2.05, 4.69) is 16.0 Å². The lowest BCUT2D eigenvalue weighted by Gasteiger charge is -2.20. The van der Waals surface area contributed by atoms with E-state index in [4.69, 9.17) is 4.74 Å². The second-order valence-electron chi connectivity index (χ2n) is 7.03. The molecule has 8 nitrogen and oxygen atoms in total. The minimum absolute atomic E-state index is 0.352. The Labute approximate surface area is 169 Å². The number of esters is 1. The van der Waals surface area contributed by atoms with E-state index < -0.39 is 42.0 Å². The lowest BCUT2D eigenvalue weighted by Crippen LogP contribution is -2.49. The van der Waals surface area contributed by atoms with Gasteiger partial charge in [-0.1, -0.05) is 18.2 Å². The Morgan fingerprint density at radius 2 is 1.75 bits per heavy atom. The quantitative estimate of drug-likeness (QED) is 0.563. The van der Waals surface area contributed by atoms with Crippen LogP contribution in [0.4, 0.5) is 4.79 Å². The molecular weight excluding hydrogens is 382 g/mol. The molecule has 0 aromatic heterocycles. The Balaban J connectivity index is 2.58. The maximum absolute atomic E-state index is 12.3. The molecule has 0 spiro atoms. The first-order valence-electron chi connectivity index (χ1n) is 8.76. The highest BCUT2D eigenvalue weighted by atomic mass is 32.2. The number of urea groups is 1. The van der Waals surface area contributed by atoms with Crippen molar-refractivity contribution in [2.45, 2.75) is 38.8 Å². The van der Waals surface area contributed by atoms with Crippen molar-refractivity contribution < 1.29 is 23.9 Å². The van der Waals surface area contributed by atoms with Gasteiger partial charge in [0.2, 0.25) is 0 Å². The Hall–Kier alpha value is -2.55. The van der Waals surface area contributed by atoms with E-state index in [0.717, 1.165) is 0 Å². The molecule has 0 radical (unpaired) electrons. The van der Waals surface area contributed by atoms with E-state index in [1.54, 1.807) is 51.1 Å². The molecule has 1 atom stereocenters. The number of amides is 4. The molecule has 154 valence electrons. The van der Waals surface area contributed by atoms with Crippen LogP contribution in [0.25, 0.3) is 0 Å². The number of rotatable bonds is 8. The molecule has 1 rings (SSSR count). The molecule has 0 fully saturated rings. The molecule has 0 heterocycles. The van der Waals surface area contributed by atoms with Crippen molar-refractivity contribution in [2.75, 3.05) is 18.6 Å². The Morgan fingerprint density at radius 1 is 1.11 bits per heavy atom. The van der Waals surface area contributed by atoms with Gasteiger partial charge in [-0.05, 0) is 51.3 Å². The lowest BCUT2D eigenvalue weighted by molar-refractivity contribution is -0.150. The first-order valence-corrected chi connectivity index (χ1v) is 10.1. The predicted octanol–water partition coefficient (Wildman–Crippen LogP) is 1.71. The molecule has 9 heteroatoms. The number of ether oxygens (including phenoxy) is 1. The van der Waals surface area contributed by atoms with Crippen LogP contribution in [0, 0.1) is 0 Å². The topological polar surface area (TPSA) is 114 Å². The van der Waals surface area contributed by atoms with E-state index in [0.29, 0.717) is 17.7 Å². The van der Waals surface area contributed by atoms with Crippen molar-refractivity contribution in [3.8, 4) is 0 Å². The molecule has 1 aromatic rings. The average Bonchev–Trinajstić information content (AvgIpc) is 2.62. The SMILES string of the molecule is CSCC[C@@H](NC(=O)c1ccccc1)C(=O)OCC(=O)NC(=O)NC(C)(C)C. The second-order valence-corrected chi connectivity index (χ2v) is 8.02. The summed E-state index contributed by atoms with van der Waals surface area (Å²) in [5.74, 6) is -1.27. The third-order valence-corrected chi connectivity index (χ3v) is 3.97. The lowest BCUT2D eigenvalue weighted by atomic mass is 10.1. The van der Waals surface area contributed by atoms with Gasteiger partial charge in [-0.25, -0.2) is 9.59 Å². The van der Waals surface area contributed by atoms with E-state index in [9.17, 15) is 19.2 Å². The first-order chi connectivity index (χ1) is 13.1. The first kappa shape index (κ1) is 23.5. The monoisotopic (exact) mass is 409 g/mol. The highest BCUT2D eigenvalue weighted by Crippen LogP contribution is 2.06. The van der Waals surface area contributed by atoms with E-state index >= 15 is 0 Å². The van der Waals surface area contributed by atoms with Gasteiger partial charge in [-0.2, -0.15) is 11.8 Å². The summed E-state index contributed by atoms with van der Waals surface area (Å²) in [6.45, 7) is 4.68. The molecule has 0 aliphatic heterocycles. The van der Waals surface area contributed by atoms with E-state index in [1.165, 1.54) is 11.8 Å². The van der Waals surface area contributed by atoms with Gasteiger partial charge in [0.15, 0.2) is 6.61 Å². The number of benzene rings is 1. The van der Waals surface area contributed by atoms with Crippen molar-refractivity contribution in [3.05, 3.63) is 35.9 Å². The highest BCUT2D eigenvalue weighted by Gasteiger charge is 2.24. The fourth-order valence-electron chi connectivity index (χ4n) is 2.09. The number of nitrogens with one attached hydrogen (secondary N) is 3. The van der Waals surface area contributed by atoms with Crippen LogP contribution < -0.4 is 16.0 Å². The normalized spacial score (nSPS) is 11.9.